The van der Waals surface area contributed by atoms with Crippen molar-refractivity contribution in [1.82, 2.24) is 24.1 Å². The molecule has 110 valence electrons. The first-order valence-corrected chi connectivity index (χ1v) is 7.29. The minimum atomic E-state index is -0.0917. The lowest BCUT2D eigenvalue weighted by molar-refractivity contribution is 0.0946. The number of hydrogen-bond acceptors (Lipinski definition) is 4. The van der Waals surface area contributed by atoms with E-state index in [0.29, 0.717) is 16.9 Å². The third-order valence-electron chi connectivity index (χ3n) is 4.06. The summed E-state index contributed by atoms with van der Waals surface area (Å²) in [7, 11) is 0. The predicted octanol–water partition coefficient (Wildman–Crippen LogP) is 3.05. The molecule has 0 aliphatic rings. The molecule has 6 heteroatoms. The van der Waals surface area contributed by atoms with Crippen LogP contribution in [0.4, 0.5) is 0 Å². The first-order chi connectivity index (χ1) is 11.2. The number of carbonyl (C=O) groups excluding carboxylic acids is 1. The Labute approximate surface area is 130 Å². The van der Waals surface area contributed by atoms with Gasteiger partial charge >= 0.3 is 0 Å². The van der Waals surface area contributed by atoms with E-state index >= 15 is 0 Å². The zero-order chi connectivity index (χ0) is 15.6. The Balaban J connectivity index is 2.07. The molecular formula is C17H11N5O. The highest BCUT2D eigenvalue weighted by Gasteiger charge is 2.18. The van der Waals surface area contributed by atoms with Gasteiger partial charge in [-0.3, -0.25) is 9.36 Å². The quantitative estimate of drug-likeness (QED) is 0.441. The standard InChI is InChI=1S/C17H11N5O/c1-10(23)21-13-8-4-2-6-11(13)15-16(21)19-17-18-12-7-3-5-9-14(12)22(17)20-15/h2-9H,1H3. The van der Waals surface area contributed by atoms with Gasteiger partial charge in [-0.2, -0.15) is 14.6 Å². The molecule has 0 N–H and O–H groups in total. The molecule has 0 saturated heterocycles. The van der Waals surface area contributed by atoms with Gasteiger partial charge in [-0.25, -0.2) is 4.98 Å². The molecule has 2 aromatic carbocycles. The molecule has 5 aromatic rings. The van der Waals surface area contributed by atoms with Crippen molar-refractivity contribution in [2.24, 2.45) is 0 Å². The first kappa shape index (κ1) is 12.3. The van der Waals surface area contributed by atoms with Crippen molar-refractivity contribution in [2.75, 3.05) is 0 Å². The van der Waals surface area contributed by atoms with E-state index in [1.54, 1.807) is 9.08 Å². The van der Waals surface area contributed by atoms with Crippen LogP contribution in [0.2, 0.25) is 0 Å². The van der Waals surface area contributed by atoms with Gasteiger partial charge in [0.25, 0.3) is 5.78 Å². The summed E-state index contributed by atoms with van der Waals surface area (Å²) in [5.74, 6) is 0.398. The number of hydrogen-bond donors (Lipinski definition) is 0. The summed E-state index contributed by atoms with van der Waals surface area (Å²) in [4.78, 5) is 21.2. The van der Waals surface area contributed by atoms with Gasteiger partial charge in [0.15, 0.2) is 5.65 Å². The Morgan fingerprint density at radius 3 is 2.52 bits per heavy atom. The molecule has 0 radical (unpaired) electrons. The fourth-order valence-electron chi connectivity index (χ4n) is 3.10. The molecule has 0 atom stereocenters. The van der Waals surface area contributed by atoms with Gasteiger partial charge in [0, 0.05) is 12.3 Å². The van der Waals surface area contributed by atoms with Gasteiger partial charge in [0.1, 0.15) is 5.52 Å². The molecule has 0 bridgehead atoms. The Hall–Kier alpha value is -3.28. The van der Waals surface area contributed by atoms with E-state index in [9.17, 15) is 4.79 Å². The van der Waals surface area contributed by atoms with Crippen LogP contribution in [-0.4, -0.2) is 30.1 Å². The van der Waals surface area contributed by atoms with Gasteiger partial charge < -0.3 is 0 Å². The lowest BCUT2D eigenvalue weighted by atomic mass is 10.2. The lowest BCUT2D eigenvalue weighted by Crippen LogP contribution is -2.07. The fourth-order valence-corrected chi connectivity index (χ4v) is 3.10. The normalized spacial score (nSPS) is 11.9. The largest absolute Gasteiger partial charge is 0.274 e. The second-order valence-corrected chi connectivity index (χ2v) is 5.47. The zero-order valence-corrected chi connectivity index (χ0v) is 12.3. The minimum Gasteiger partial charge on any atom is -0.274 e. The van der Waals surface area contributed by atoms with Crippen LogP contribution < -0.4 is 0 Å². The molecule has 0 unspecified atom stereocenters. The van der Waals surface area contributed by atoms with E-state index in [-0.39, 0.29) is 5.91 Å². The van der Waals surface area contributed by atoms with Crippen molar-refractivity contribution in [3.8, 4) is 0 Å². The summed E-state index contributed by atoms with van der Waals surface area (Å²) in [5, 5.41) is 5.62. The number of aromatic nitrogens is 5. The molecule has 3 aromatic heterocycles. The molecular weight excluding hydrogens is 290 g/mol. The highest BCUT2D eigenvalue weighted by molar-refractivity contribution is 6.10. The Bertz CT molecular complexity index is 1250. The van der Waals surface area contributed by atoms with Crippen LogP contribution in [0.1, 0.15) is 11.7 Å². The summed E-state index contributed by atoms with van der Waals surface area (Å²) in [6, 6.07) is 15.5. The summed E-state index contributed by atoms with van der Waals surface area (Å²) >= 11 is 0. The molecule has 6 nitrogen and oxygen atoms in total. The maximum atomic E-state index is 12.1. The van der Waals surface area contributed by atoms with E-state index in [0.717, 1.165) is 21.9 Å². The van der Waals surface area contributed by atoms with Crippen LogP contribution in [0.15, 0.2) is 48.5 Å². The van der Waals surface area contributed by atoms with Crippen LogP contribution in [0, 0.1) is 0 Å². The number of carbonyl (C=O) groups is 1. The molecule has 0 spiro atoms. The van der Waals surface area contributed by atoms with E-state index in [1.807, 2.05) is 48.5 Å². The van der Waals surface area contributed by atoms with Crippen LogP contribution in [0.25, 0.3) is 38.9 Å². The van der Waals surface area contributed by atoms with Gasteiger partial charge in [-0.05, 0) is 18.2 Å². The van der Waals surface area contributed by atoms with Crippen LogP contribution in [0.5, 0.6) is 0 Å². The number of rotatable bonds is 0. The highest BCUT2D eigenvalue weighted by atomic mass is 16.1. The van der Waals surface area contributed by atoms with E-state index in [4.69, 9.17) is 5.10 Å². The van der Waals surface area contributed by atoms with E-state index in [2.05, 4.69) is 9.97 Å². The highest BCUT2D eigenvalue weighted by Crippen LogP contribution is 2.27. The average molecular weight is 301 g/mol. The van der Waals surface area contributed by atoms with Crippen molar-refractivity contribution in [2.45, 2.75) is 6.92 Å². The van der Waals surface area contributed by atoms with Gasteiger partial charge in [0.05, 0.1) is 16.6 Å². The van der Waals surface area contributed by atoms with Gasteiger partial charge in [-0.1, -0.05) is 30.3 Å². The van der Waals surface area contributed by atoms with Crippen molar-refractivity contribution < 1.29 is 4.79 Å². The van der Waals surface area contributed by atoms with Crippen molar-refractivity contribution in [1.29, 1.82) is 0 Å². The van der Waals surface area contributed by atoms with Crippen LogP contribution in [0.3, 0.4) is 0 Å². The average Bonchev–Trinajstić information content (AvgIpc) is 3.07. The van der Waals surface area contributed by atoms with Gasteiger partial charge in [-0.15, -0.1) is 0 Å². The third-order valence-corrected chi connectivity index (χ3v) is 4.06. The molecule has 23 heavy (non-hydrogen) atoms. The van der Waals surface area contributed by atoms with Gasteiger partial charge in [0.2, 0.25) is 5.91 Å². The zero-order valence-electron chi connectivity index (χ0n) is 12.3. The van der Waals surface area contributed by atoms with Crippen LogP contribution >= 0.6 is 0 Å². The predicted molar refractivity (Wildman–Crippen MR) is 87.6 cm³/mol. The molecule has 0 aliphatic carbocycles. The number of fused-ring (bicyclic) bond motifs is 6. The summed E-state index contributed by atoms with van der Waals surface area (Å²) in [6.45, 7) is 1.53. The van der Waals surface area contributed by atoms with E-state index < -0.39 is 0 Å². The summed E-state index contributed by atoms with van der Waals surface area (Å²) in [5.41, 5.74) is 3.79. The maximum Gasteiger partial charge on any atom is 0.253 e. The first-order valence-electron chi connectivity index (χ1n) is 7.29. The fraction of sp³-hybridized carbons (Fsp3) is 0.0588. The Morgan fingerprint density at radius 1 is 0.957 bits per heavy atom. The number of imidazole rings is 1. The SMILES string of the molecule is CC(=O)n1c2ccccc2c2nn3c(nc4ccccc43)nc21. The smallest absolute Gasteiger partial charge is 0.253 e. The van der Waals surface area contributed by atoms with Crippen LogP contribution in [-0.2, 0) is 0 Å². The summed E-state index contributed by atoms with van der Waals surface area (Å²) < 4.78 is 3.32. The Morgan fingerprint density at radius 2 is 1.70 bits per heavy atom. The third kappa shape index (κ3) is 1.52. The number of para-hydroxylation sites is 3. The molecule has 0 fully saturated rings. The summed E-state index contributed by atoms with van der Waals surface area (Å²) in [6.07, 6.45) is 0. The lowest BCUT2D eigenvalue weighted by Gasteiger charge is -2.00. The number of nitrogens with zero attached hydrogens (tertiary/aromatic N) is 5. The minimum absolute atomic E-state index is 0.0917. The monoisotopic (exact) mass is 301 g/mol. The van der Waals surface area contributed by atoms with E-state index in [1.165, 1.54) is 6.92 Å². The Kier molecular flexibility index (Phi) is 2.21. The van der Waals surface area contributed by atoms with Crippen molar-refractivity contribution in [3.63, 3.8) is 0 Å². The topological polar surface area (TPSA) is 65.1 Å². The molecule has 0 aliphatic heterocycles. The number of benzene rings is 2. The second-order valence-electron chi connectivity index (χ2n) is 5.47. The van der Waals surface area contributed by atoms with Crippen molar-refractivity contribution in [3.05, 3.63) is 48.5 Å². The molecule has 0 saturated carbocycles. The molecule has 5 rings (SSSR count). The molecule has 3 heterocycles. The second kappa shape index (κ2) is 4.13. The maximum absolute atomic E-state index is 12.1. The molecule has 0 amide bonds. The van der Waals surface area contributed by atoms with Crippen molar-refractivity contribution >= 4 is 44.8 Å².